The summed E-state index contributed by atoms with van der Waals surface area (Å²) in [5.74, 6) is -0.706. The molecule has 0 aromatic heterocycles. The first-order chi connectivity index (χ1) is 14.3. The molecule has 3 N–H and O–H groups in total. The quantitative estimate of drug-likeness (QED) is 0.345. The van der Waals surface area contributed by atoms with Crippen LogP contribution in [0.25, 0.3) is 0 Å². The molecule has 0 unspecified atom stereocenters. The number of anilines is 1. The Morgan fingerprint density at radius 2 is 1.77 bits per heavy atom. The number of carbonyl (C=O) groups excluding carboxylic acids is 2. The number of benzene rings is 3. The van der Waals surface area contributed by atoms with Gasteiger partial charge in [0.05, 0.1) is 10.7 Å². The molecule has 0 aliphatic heterocycles. The van der Waals surface area contributed by atoms with Crippen LogP contribution in [0.4, 0.5) is 5.69 Å². The van der Waals surface area contributed by atoms with Gasteiger partial charge < -0.3 is 10.4 Å². The van der Waals surface area contributed by atoms with Gasteiger partial charge in [-0.3, -0.25) is 9.59 Å². The molecule has 30 heavy (non-hydrogen) atoms. The van der Waals surface area contributed by atoms with E-state index in [4.69, 9.17) is 11.6 Å². The van der Waals surface area contributed by atoms with E-state index in [1.165, 1.54) is 12.3 Å². The van der Waals surface area contributed by atoms with Crippen LogP contribution in [0.1, 0.15) is 31.8 Å². The molecule has 6 nitrogen and oxygen atoms in total. The second-order valence-corrected chi connectivity index (χ2v) is 7.72. The second kappa shape index (κ2) is 9.56. The van der Waals surface area contributed by atoms with Gasteiger partial charge in [0.25, 0.3) is 11.8 Å². The molecule has 0 radical (unpaired) electrons. The molecule has 3 aromatic rings. The summed E-state index contributed by atoms with van der Waals surface area (Å²) in [4.78, 5) is 24.5. The zero-order chi connectivity index (χ0) is 21.7. The summed E-state index contributed by atoms with van der Waals surface area (Å²) in [6.45, 7) is 1.92. The first kappa shape index (κ1) is 21.5. The van der Waals surface area contributed by atoms with Crippen molar-refractivity contribution in [1.82, 2.24) is 5.43 Å². The fourth-order valence-electron chi connectivity index (χ4n) is 2.60. The van der Waals surface area contributed by atoms with Crippen molar-refractivity contribution in [3.05, 3.63) is 92.4 Å². The molecular weight excluding hydrogens is 470 g/mol. The van der Waals surface area contributed by atoms with Gasteiger partial charge in [-0.25, -0.2) is 5.43 Å². The number of hydrogen-bond acceptors (Lipinski definition) is 4. The predicted molar refractivity (Wildman–Crippen MR) is 121 cm³/mol. The van der Waals surface area contributed by atoms with Gasteiger partial charge in [0.2, 0.25) is 0 Å². The molecule has 8 heteroatoms. The molecule has 2 amide bonds. The van der Waals surface area contributed by atoms with Crippen LogP contribution in [0.2, 0.25) is 5.02 Å². The maximum Gasteiger partial charge on any atom is 0.271 e. The van der Waals surface area contributed by atoms with Gasteiger partial charge in [-0.1, -0.05) is 29.3 Å². The van der Waals surface area contributed by atoms with E-state index < -0.39 is 5.91 Å². The summed E-state index contributed by atoms with van der Waals surface area (Å²) in [6, 6.07) is 16.7. The van der Waals surface area contributed by atoms with Crippen molar-refractivity contribution < 1.29 is 14.7 Å². The molecule has 0 aliphatic carbocycles. The van der Waals surface area contributed by atoms with Crippen molar-refractivity contribution in [2.24, 2.45) is 5.10 Å². The van der Waals surface area contributed by atoms with Gasteiger partial charge in [0.15, 0.2) is 0 Å². The topological polar surface area (TPSA) is 90.8 Å². The van der Waals surface area contributed by atoms with E-state index in [0.717, 1.165) is 5.56 Å². The molecule has 0 bridgehead atoms. The lowest BCUT2D eigenvalue weighted by molar-refractivity contribution is 0.0954. The van der Waals surface area contributed by atoms with Gasteiger partial charge in [-0.2, -0.15) is 5.10 Å². The van der Waals surface area contributed by atoms with E-state index in [-0.39, 0.29) is 11.7 Å². The molecule has 0 saturated carbocycles. The van der Waals surface area contributed by atoms with E-state index in [2.05, 4.69) is 31.8 Å². The second-order valence-electron chi connectivity index (χ2n) is 6.43. The molecule has 0 heterocycles. The molecule has 152 valence electrons. The molecule has 0 aliphatic rings. The summed E-state index contributed by atoms with van der Waals surface area (Å²) in [6.07, 6.45) is 1.29. The summed E-state index contributed by atoms with van der Waals surface area (Å²) in [7, 11) is 0. The van der Waals surface area contributed by atoms with Crippen LogP contribution in [0.15, 0.2) is 70.2 Å². The fourth-order valence-corrected chi connectivity index (χ4v) is 3.44. The van der Waals surface area contributed by atoms with Crippen molar-refractivity contribution in [2.45, 2.75) is 6.92 Å². The maximum absolute atomic E-state index is 12.3. The van der Waals surface area contributed by atoms with Crippen LogP contribution >= 0.6 is 27.5 Å². The van der Waals surface area contributed by atoms with Crippen molar-refractivity contribution >= 4 is 51.2 Å². The summed E-state index contributed by atoms with van der Waals surface area (Å²) >= 11 is 9.12. The lowest BCUT2D eigenvalue weighted by Crippen LogP contribution is -2.18. The van der Waals surface area contributed by atoms with Crippen LogP contribution in [-0.2, 0) is 0 Å². The predicted octanol–water partition coefficient (Wildman–Crippen LogP) is 5.13. The molecule has 0 saturated heterocycles. The Labute approximate surface area is 186 Å². The number of aryl methyl sites for hydroxylation is 1. The van der Waals surface area contributed by atoms with Crippen molar-refractivity contribution in [1.29, 1.82) is 0 Å². The standard InChI is InChI=1S/C22H17BrClN3O3/c1-13-3-2-4-15(9-13)21(29)26-18-7-5-14(6-8-18)22(30)27-25-12-16-10-17(24)11-19(23)20(16)28/h2-12,28H,1H3,(H,26,29)(H,27,30). The van der Waals surface area contributed by atoms with E-state index in [0.29, 0.717) is 31.9 Å². The molecule has 0 spiro atoms. The van der Waals surface area contributed by atoms with E-state index in [1.807, 2.05) is 19.1 Å². The Morgan fingerprint density at radius 1 is 1.03 bits per heavy atom. The van der Waals surface area contributed by atoms with Crippen LogP contribution in [0.3, 0.4) is 0 Å². The van der Waals surface area contributed by atoms with E-state index in [1.54, 1.807) is 42.5 Å². The van der Waals surface area contributed by atoms with Gasteiger partial charge in [-0.05, 0) is 71.4 Å². The highest BCUT2D eigenvalue weighted by atomic mass is 79.9. The van der Waals surface area contributed by atoms with Crippen LogP contribution in [0.5, 0.6) is 5.75 Å². The number of aromatic hydroxyl groups is 1. The van der Waals surface area contributed by atoms with Crippen molar-refractivity contribution in [2.75, 3.05) is 5.32 Å². The Hall–Kier alpha value is -3.16. The first-order valence-electron chi connectivity index (χ1n) is 8.83. The number of rotatable bonds is 5. The lowest BCUT2D eigenvalue weighted by atomic mass is 10.1. The highest BCUT2D eigenvalue weighted by Gasteiger charge is 2.09. The lowest BCUT2D eigenvalue weighted by Gasteiger charge is -2.07. The van der Waals surface area contributed by atoms with Gasteiger partial charge in [0, 0.05) is 27.4 Å². The zero-order valence-electron chi connectivity index (χ0n) is 15.8. The third kappa shape index (κ3) is 5.46. The summed E-state index contributed by atoms with van der Waals surface area (Å²) in [5.41, 5.74) is 5.21. The summed E-state index contributed by atoms with van der Waals surface area (Å²) in [5, 5.41) is 17.0. The number of halogens is 2. The van der Waals surface area contributed by atoms with E-state index in [9.17, 15) is 14.7 Å². The van der Waals surface area contributed by atoms with Crippen LogP contribution in [0, 0.1) is 6.92 Å². The van der Waals surface area contributed by atoms with Gasteiger partial charge in [0.1, 0.15) is 5.75 Å². The monoisotopic (exact) mass is 485 g/mol. The largest absolute Gasteiger partial charge is 0.506 e. The average Bonchev–Trinajstić information content (AvgIpc) is 2.72. The third-order valence-electron chi connectivity index (χ3n) is 4.11. The summed E-state index contributed by atoms with van der Waals surface area (Å²) < 4.78 is 0.422. The third-order valence-corrected chi connectivity index (χ3v) is 4.94. The van der Waals surface area contributed by atoms with Crippen molar-refractivity contribution in [3.8, 4) is 5.75 Å². The number of hydrogen-bond donors (Lipinski definition) is 3. The highest BCUT2D eigenvalue weighted by Crippen LogP contribution is 2.30. The minimum atomic E-state index is -0.441. The Balaban J connectivity index is 1.62. The van der Waals surface area contributed by atoms with E-state index >= 15 is 0 Å². The minimum absolute atomic E-state index is 0.0360. The molecule has 0 atom stereocenters. The van der Waals surface area contributed by atoms with Crippen molar-refractivity contribution in [3.63, 3.8) is 0 Å². The number of hydrazone groups is 1. The molecule has 3 rings (SSSR count). The number of phenolic OH excluding ortho intramolecular Hbond substituents is 1. The average molecular weight is 487 g/mol. The number of amides is 2. The van der Waals surface area contributed by atoms with Gasteiger partial charge >= 0.3 is 0 Å². The fraction of sp³-hybridized carbons (Fsp3) is 0.0455. The molecule has 0 fully saturated rings. The number of phenols is 1. The maximum atomic E-state index is 12.3. The van der Waals surface area contributed by atoms with Crippen LogP contribution in [-0.4, -0.2) is 23.1 Å². The Bertz CT molecular complexity index is 1130. The Morgan fingerprint density at radius 3 is 2.47 bits per heavy atom. The number of nitrogens with zero attached hydrogens (tertiary/aromatic N) is 1. The van der Waals surface area contributed by atoms with Crippen LogP contribution < -0.4 is 10.7 Å². The zero-order valence-corrected chi connectivity index (χ0v) is 18.2. The highest BCUT2D eigenvalue weighted by molar-refractivity contribution is 9.10. The SMILES string of the molecule is Cc1cccc(C(=O)Nc2ccc(C(=O)NN=Cc3cc(Cl)cc(Br)c3O)cc2)c1. The number of nitrogens with one attached hydrogen (secondary N) is 2. The molecular formula is C22H17BrClN3O3. The number of carbonyl (C=O) groups is 2. The smallest absolute Gasteiger partial charge is 0.271 e. The first-order valence-corrected chi connectivity index (χ1v) is 10.00. The van der Waals surface area contributed by atoms with Gasteiger partial charge in [-0.15, -0.1) is 0 Å². The normalized spacial score (nSPS) is 10.8. The minimum Gasteiger partial charge on any atom is -0.506 e. The Kier molecular flexibility index (Phi) is 6.87. The molecule has 3 aromatic carbocycles.